The van der Waals surface area contributed by atoms with Crippen molar-refractivity contribution in [3.05, 3.63) is 23.8 Å². The Morgan fingerprint density at radius 3 is 2.85 bits per heavy atom. The highest BCUT2D eigenvalue weighted by atomic mass is 16.5. The maximum atomic E-state index is 12.3. The summed E-state index contributed by atoms with van der Waals surface area (Å²) < 4.78 is 11.4. The van der Waals surface area contributed by atoms with Crippen LogP contribution in [0.15, 0.2) is 18.2 Å². The van der Waals surface area contributed by atoms with Crippen molar-refractivity contribution >= 4 is 5.91 Å². The van der Waals surface area contributed by atoms with E-state index >= 15 is 0 Å². The molecule has 27 heavy (non-hydrogen) atoms. The topological polar surface area (TPSA) is 67.8 Å². The second-order valence-electron chi connectivity index (χ2n) is 9.12. The van der Waals surface area contributed by atoms with Crippen molar-refractivity contribution in [1.29, 1.82) is 0 Å². The molecule has 1 unspecified atom stereocenters. The molecular formula is C22H31NO4. The van der Waals surface area contributed by atoms with E-state index in [9.17, 15) is 9.90 Å². The van der Waals surface area contributed by atoms with Gasteiger partial charge in [-0.05, 0) is 59.6 Å². The lowest BCUT2D eigenvalue weighted by molar-refractivity contribution is -0.137. The van der Waals surface area contributed by atoms with Crippen LogP contribution in [0.2, 0.25) is 0 Å². The maximum absolute atomic E-state index is 12.3. The molecule has 1 amide bonds. The van der Waals surface area contributed by atoms with Gasteiger partial charge in [-0.3, -0.25) is 4.79 Å². The molecule has 4 rings (SSSR count). The lowest BCUT2D eigenvalue weighted by Crippen LogP contribution is -2.58. The first-order valence-corrected chi connectivity index (χ1v) is 10.1. The van der Waals surface area contributed by atoms with Crippen LogP contribution < -0.4 is 10.1 Å². The summed E-state index contributed by atoms with van der Waals surface area (Å²) in [6.45, 7) is 7.23. The number of aromatic hydroxyl groups is 1. The number of amides is 1. The Morgan fingerprint density at radius 1 is 1.41 bits per heavy atom. The number of carbonyl (C=O) groups is 1. The normalized spacial score (nSPS) is 36.3. The fourth-order valence-corrected chi connectivity index (χ4v) is 6.26. The summed E-state index contributed by atoms with van der Waals surface area (Å²) in [6, 6.07) is 5.76. The van der Waals surface area contributed by atoms with Crippen LogP contribution in [0.3, 0.4) is 0 Å². The lowest BCUT2D eigenvalue weighted by atomic mass is 9.59. The number of ether oxygens (including phenoxy) is 2. The number of phenols is 1. The summed E-state index contributed by atoms with van der Waals surface area (Å²) in [7, 11) is 1.56. The van der Waals surface area contributed by atoms with E-state index in [1.807, 2.05) is 19.1 Å². The van der Waals surface area contributed by atoms with E-state index in [-0.39, 0.29) is 34.6 Å². The Balaban J connectivity index is 1.68. The molecule has 1 aliphatic heterocycles. The molecule has 3 aliphatic rings. The van der Waals surface area contributed by atoms with E-state index in [1.165, 1.54) is 0 Å². The molecule has 5 atom stereocenters. The average molecular weight is 373 g/mol. The minimum absolute atomic E-state index is 0.0438. The second kappa shape index (κ2) is 6.40. The molecule has 5 heteroatoms. The molecule has 5 nitrogen and oxygen atoms in total. The van der Waals surface area contributed by atoms with Crippen molar-refractivity contribution in [2.24, 2.45) is 22.7 Å². The highest BCUT2D eigenvalue weighted by Gasteiger charge is 2.68. The van der Waals surface area contributed by atoms with Crippen LogP contribution in [0.25, 0.3) is 0 Å². The summed E-state index contributed by atoms with van der Waals surface area (Å²) in [5, 5.41) is 13.6. The minimum Gasteiger partial charge on any atom is -0.504 e. The molecule has 1 saturated heterocycles. The van der Waals surface area contributed by atoms with Gasteiger partial charge in [0, 0.05) is 19.1 Å². The Hall–Kier alpha value is -1.75. The molecule has 2 bridgehead atoms. The van der Waals surface area contributed by atoms with Crippen molar-refractivity contribution in [3.63, 3.8) is 0 Å². The van der Waals surface area contributed by atoms with E-state index in [4.69, 9.17) is 9.47 Å². The van der Waals surface area contributed by atoms with Crippen molar-refractivity contribution < 1.29 is 19.4 Å². The van der Waals surface area contributed by atoms with Gasteiger partial charge in [-0.15, -0.1) is 0 Å². The quantitative estimate of drug-likeness (QED) is 0.842. The van der Waals surface area contributed by atoms with Gasteiger partial charge in [0.1, 0.15) is 0 Å². The fraction of sp³-hybridized carbons (Fsp3) is 0.682. The molecule has 0 radical (unpaired) electrons. The number of carbonyl (C=O) groups excluding carboxylic acids is 1. The molecule has 1 heterocycles. The molecule has 2 aliphatic carbocycles. The second-order valence-corrected chi connectivity index (χ2v) is 9.12. The standard InChI is InChI=1S/C22H31NO4/c1-5-18(25)23-20-21(2,3)14-11-15-19(27-9-8-22(15,20)12-14)13-6-7-17(26-4)16(24)10-13/h6-7,10,14-15,19-20,24H,5,8-9,11-12H2,1-4H3,(H,23,25)/t14-,15-,19-,20+,22?/m1/s1. The fourth-order valence-electron chi connectivity index (χ4n) is 6.26. The summed E-state index contributed by atoms with van der Waals surface area (Å²) in [6.07, 6.45) is 3.73. The van der Waals surface area contributed by atoms with Gasteiger partial charge in [0.05, 0.1) is 13.2 Å². The van der Waals surface area contributed by atoms with E-state index in [1.54, 1.807) is 13.2 Å². The SMILES string of the molecule is CCC(=O)N[C@H]1C(C)(C)[C@@H]2C[C@@H]3[C@@H](c4ccc(OC)c(O)c4)OCCC31C2. The van der Waals surface area contributed by atoms with Crippen molar-refractivity contribution in [1.82, 2.24) is 5.32 Å². The van der Waals surface area contributed by atoms with Gasteiger partial charge >= 0.3 is 0 Å². The maximum Gasteiger partial charge on any atom is 0.219 e. The van der Waals surface area contributed by atoms with Gasteiger partial charge in [0.2, 0.25) is 5.91 Å². The van der Waals surface area contributed by atoms with Crippen molar-refractivity contribution in [2.45, 2.75) is 58.6 Å². The van der Waals surface area contributed by atoms with Crippen LogP contribution in [-0.2, 0) is 9.53 Å². The molecule has 0 aromatic heterocycles. The zero-order chi connectivity index (χ0) is 19.4. The molecule has 3 fully saturated rings. The van der Waals surface area contributed by atoms with Crippen molar-refractivity contribution in [3.8, 4) is 11.5 Å². The first-order chi connectivity index (χ1) is 12.8. The number of fused-ring (bicyclic) bond motifs is 1. The van der Waals surface area contributed by atoms with Gasteiger partial charge in [-0.25, -0.2) is 0 Å². The number of phenolic OH excluding ortho intramolecular Hbond substituents is 1. The Kier molecular flexibility index (Phi) is 4.41. The first kappa shape index (κ1) is 18.6. The summed E-state index contributed by atoms with van der Waals surface area (Å²) in [4.78, 5) is 12.3. The minimum atomic E-state index is -0.0438. The molecule has 148 valence electrons. The van der Waals surface area contributed by atoms with Crippen LogP contribution in [0.5, 0.6) is 11.5 Å². The predicted octanol–water partition coefficient (Wildman–Crippen LogP) is 3.81. The molecule has 2 saturated carbocycles. The summed E-state index contributed by atoms with van der Waals surface area (Å²) in [5.74, 6) is 1.71. The van der Waals surface area contributed by atoms with Crippen LogP contribution >= 0.6 is 0 Å². The number of hydrogen-bond acceptors (Lipinski definition) is 4. The lowest BCUT2D eigenvalue weighted by Gasteiger charge is -2.53. The molecule has 1 aromatic rings. The zero-order valence-corrected chi connectivity index (χ0v) is 16.7. The highest BCUT2D eigenvalue weighted by Crippen LogP contribution is 2.70. The van der Waals surface area contributed by atoms with E-state index in [0.29, 0.717) is 30.6 Å². The average Bonchev–Trinajstić information content (AvgIpc) is 3.14. The van der Waals surface area contributed by atoms with Crippen LogP contribution in [0, 0.1) is 22.7 Å². The monoisotopic (exact) mass is 373 g/mol. The summed E-state index contributed by atoms with van der Waals surface area (Å²) in [5.41, 5.74) is 1.19. The third-order valence-electron chi connectivity index (χ3n) is 7.66. The number of rotatable bonds is 4. The Labute approximate surface area is 161 Å². The molecular weight excluding hydrogens is 342 g/mol. The predicted molar refractivity (Wildman–Crippen MR) is 103 cm³/mol. The van der Waals surface area contributed by atoms with E-state index in [0.717, 1.165) is 24.8 Å². The van der Waals surface area contributed by atoms with Gasteiger partial charge < -0.3 is 19.9 Å². The van der Waals surface area contributed by atoms with Crippen LogP contribution in [0.4, 0.5) is 0 Å². The van der Waals surface area contributed by atoms with Crippen molar-refractivity contribution in [2.75, 3.05) is 13.7 Å². The molecule has 1 aromatic carbocycles. The number of benzene rings is 1. The Morgan fingerprint density at radius 2 is 2.19 bits per heavy atom. The van der Waals surface area contributed by atoms with E-state index in [2.05, 4.69) is 19.2 Å². The zero-order valence-electron chi connectivity index (χ0n) is 16.7. The third kappa shape index (κ3) is 2.65. The van der Waals surface area contributed by atoms with Gasteiger partial charge in [0.15, 0.2) is 11.5 Å². The number of hydrogen-bond donors (Lipinski definition) is 2. The highest BCUT2D eigenvalue weighted by molar-refractivity contribution is 5.76. The molecule has 1 spiro atoms. The van der Waals surface area contributed by atoms with E-state index < -0.39 is 0 Å². The summed E-state index contributed by atoms with van der Waals surface area (Å²) >= 11 is 0. The number of methoxy groups -OCH3 is 1. The molecule has 2 N–H and O–H groups in total. The first-order valence-electron chi connectivity index (χ1n) is 10.1. The Bertz CT molecular complexity index is 746. The van der Waals surface area contributed by atoms with Gasteiger partial charge in [-0.2, -0.15) is 0 Å². The van der Waals surface area contributed by atoms with Crippen LogP contribution in [-0.4, -0.2) is 30.8 Å². The number of nitrogens with one attached hydrogen (secondary N) is 1. The van der Waals surface area contributed by atoms with Crippen LogP contribution in [0.1, 0.15) is 58.1 Å². The largest absolute Gasteiger partial charge is 0.504 e. The van der Waals surface area contributed by atoms with Gasteiger partial charge in [0.25, 0.3) is 0 Å². The smallest absolute Gasteiger partial charge is 0.219 e. The van der Waals surface area contributed by atoms with Gasteiger partial charge in [-0.1, -0.05) is 26.8 Å². The third-order valence-corrected chi connectivity index (χ3v) is 7.66.